The number of benzene rings is 1. The van der Waals surface area contributed by atoms with Gasteiger partial charge < -0.3 is 4.74 Å². The molecule has 2 aliphatic rings. The zero-order valence-corrected chi connectivity index (χ0v) is 10.8. The molecule has 3 unspecified atom stereocenters. The topological polar surface area (TPSA) is 47.3 Å². The van der Waals surface area contributed by atoms with Gasteiger partial charge in [0.1, 0.15) is 0 Å². The van der Waals surface area contributed by atoms with Crippen molar-refractivity contribution < 1.29 is 4.74 Å². The number of ether oxygens (including phenoxy) is 1. The first-order valence-corrected chi connectivity index (χ1v) is 7.00. The van der Waals surface area contributed by atoms with Crippen molar-refractivity contribution in [2.75, 3.05) is 13.2 Å². The molecule has 1 saturated heterocycles. The third-order valence-corrected chi connectivity index (χ3v) is 4.48. The van der Waals surface area contributed by atoms with Crippen LogP contribution < -0.4 is 11.3 Å². The van der Waals surface area contributed by atoms with Gasteiger partial charge >= 0.3 is 0 Å². The van der Waals surface area contributed by atoms with Gasteiger partial charge in [-0.2, -0.15) is 0 Å². The predicted molar refractivity (Wildman–Crippen MR) is 72.2 cm³/mol. The first-order chi connectivity index (χ1) is 8.88. The van der Waals surface area contributed by atoms with E-state index >= 15 is 0 Å². The summed E-state index contributed by atoms with van der Waals surface area (Å²) in [6, 6.07) is 9.15. The van der Waals surface area contributed by atoms with Crippen LogP contribution in [-0.4, -0.2) is 19.3 Å². The fourth-order valence-electron chi connectivity index (χ4n) is 3.36. The number of nitrogens with two attached hydrogens (primary N) is 1. The van der Waals surface area contributed by atoms with E-state index in [9.17, 15) is 0 Å². The van der Waals surface area contributed by atoms with Crippen LogP contribution in [0.15, 0.2) is 24.3 Å². The highest BCUT2D eigenvalue weighted by molar-refractivity contribution is 5.39. The van der Waals surface area contributed by atoms with Crippen LogP contribution in [0.1, 0.15) is 36.3 Å². The summed E-state index contributed by atoms with van der Waals surface area (Å²) in [6.07, 6.45) is 4.76. The van der Waals surface area contributed by atoms with Crippen LogP contribution in [0.3, 0.4) is 0 Å². The molecule has 0 aromatic heterocycles. The molecule has 0 radical (unpaired) electrons. The Hall–Kier alpha value is -0.900. The number of hydrogen-bond acceptors (Lipinski definition) is 3. The van der Waals surface area contributed by atoms with Crippen LogP contribution in [0.5, 0.6) is 0 Å². The monoisotopic (exact) mass is 246 g/mol. The quantitative estimate of drug-likeness (QED) is 0.631. The summed E-state index contributed by atoms with van der Waals surface area (Å²) in [5.74, 6) is 7.01. The normalized spacial score (nSPS) is 28.3. The second-order valence-corrected chi connectivity index (χ2v) is 5.59. The lowest BCUT2D eigenvalue weighted by Gasteiger charge is -2.36. The molecule has 1 aliphatic carbocycles. The minimum Gasteiger partial charge on any atom is -0.381 e. The summed E-state index contributed by atoms with van der Waals surface area (Å²) in [4.78, 5) is 0. The minimum absolute atomic E-state index is 0.392. The van der Waals surface area contributed by atoms with Gasteiger partial charge in [-0.1, -0.05) is 24.3 Å². The Morgan fingerprint density at radius 1 is 1.39 bits per heavy atom. The molecule has 0 bridgehead atoms. The highest BCUT2D eigenvalue weighted by Crippen LogP contribution is 2.39. The van der Waals surface area contributed by atoms with Crippen LogP contribution in [0.2, 0.25) is 0 Å². The molecule has 0 saturated carbocycles. The highest BCUT2D eigenvalue weighted by atomic mass is 16.5. The Morgan fingerprint density at radius 3 is 3.00 bits per heavy atom. The van der Waals surface area contributed by atoms with Crippen LogP contribution in [0, 0.1) is 5.92 Å². The molecule has 1 aliphatic heterocycles. The van der Waals surface area contributed by atoms with Crippen molar-refractivity contribution in [3.05, 3.63) is 35.4 Å². The molecule has 3 heteroatoms. The van der Waals surface area contributed by atoms with Crippen molar-refractivity contribution in [1.82, 2.24) is 5.43 Å². The molecule has 98 valence electrons. The highest BCUT2D eigenvalue weighted by Gasteiger charge is 2.31. The van der Waals surface area contributed by atoms with E-state index in [0.29, 0.717) is 17.9 Å². The molecule has 3 nitrogen and oxygen atoms in total. The maximum Gasteiger partial charge on any atom is 0.0509 e. The smallest absolute Gasteiger partial charge is 0.0509 e. The van der Waals surface area contributed by atoms with Crippen LogP contribution in [-0.2, 0) is 11.2 Å². The van der Waals surface area contributed by atoms with Crippen molar-refractivity contribution >= 4 is 0 Å². The second-order valence-electron chi connectivity index (χ2n) is 5.59. The van der Waals surface area contributed by atoms with Gasteiger partial charge in [-0.15, -0.1) is 0 Å². The summed E-state index contributed by atoms with van der Waals surface area (Å²) in [6.45, 7) is 1.78. The molecule has 3 atom stereocenters. The molecule has 3 rings (SSSR count). The first kappa shape index (κ1) is 12.2. The average Bonchev–Trinajstić information content (AvgIpc) is 2.41. The lowest BCUT2D eigenvalue weighted by molar-refractivity contribution is 0.0364. The minimum atomic E-state index is 0.392. The molecule has 1 heterocycles. The largest absolute Gasteiger partial charge is 0.381 e. The van der Waals surface area contributed by atoms with E-state index in [1.807, 2.05) is 0 Å². The number of nitrogens with one attached hydrogen (secondary N) is 1. The van der Waals surface area contributed by atoms with Gasteiger partial charge in [-0.25, -0.2) is 0 Å². The van der Waals surface area contributed by atoms with E-state index in [4.69, 9.17) is 10.6 Å². The summed E-state index contributed by atoms with van der Waals surface area (Å²) in [7, 11) is 0. The van der Waals surface area contributed by atoms with Crippen LogP contribution in [0.25, 0.3) is 0 Å². The summed E-state index contributed by atoms with van der Waals surface area (Å²) in [5.41, 5.74) is 6.06. The van der Waals surface area contributed by atoms with Crippen LogP contribution in [0.4, 0.5) is 0 Å². The third kappa shape index (κ3) is 2.30. The zero-order chi connectivity index (χ0) is 12.4. The summed E-state index contributed by atoms with van der Waals surface area (Å²) in [5, 5.41) is 0. The Balaban J connectivity index is 1.61. The van der Waals surface area contributed by atoms with E-state index in [1.54, 1.807) is 0 Å². The lowest BCUT2D eigenvalue weighted by Crippen LogP contribution is -2.45. The maximum absolute atomic E-state index is 5.75. The molecule has 1 aromatic carbocycles. The Bertz CT molecular complexity index is 401. The van der Waals surface area contributed by atoms with Crippen molar-refractivity contribution in [2.45, 2.75) is 37.6 Å². The number of hydrazine groups is 1. The predicted octanol–water partition coefficient (Wildman–Crippen LogP) is 1.97. The van der Waals surface area contributed by atoms with E-state index in [2.05, 4.69) is 29.7 Å². The first-order valence-electron chi connectivity index (χ1n) is 7.00. The lowest BCUT2D eigenvalue weighted by atomic mass is 9.72. The fourth-order valence-corrected chi connectivity index (χ4v) is 3.36. The molecule has 1 aromatic rings. The van der Waals surface area contributed by atoms with Gasteiger partial charge in [0.2, 0.25) is 0 Å². The number of rotatable bonds is 4. The van der Waals surface area contributed by atoms with Gasteiger partial charge in [-0.05, 0) is 48.6 Å². The molecule has 0 spiro atoms. The van der Waals surface area contributed by atoms with Gasteiger partial charge in [0.15, 0.2) is 0 Å². The Morgan fingerprint density at radius 2 is 2.28 bits per heavy atom. The van der Waals surface area contributed by atoms with Crippen LogP contribution >= 0.6 is 0 Å². The Kier molecular flexibility index (Phi) is 3.64. The van der Waals surface area contributed by atoms with Gasteiger partial charge in [-0.3, -0.25) is 11.3 Å². The summed E-state index contributed by atoms with van der Waals surface area (Å²) >= 11 is 0. The Labute approximate surface area is 109 Å². The zero-order valence-electron chi connectivity index (χ0n) is 10.8. The van der Waals surface area contributed by atoms with E-state index in [-0.39, 0.29) is 0 Å². The standard InChI is InChI=1S/C15H22N2O/c16-17-15(12-5-3-7-18-10-12)9-13-8-11-4-1-2-6-14(11)13/h1-2,4,6,12-13,15,17H,3,5,7-10,16H2. The number of hydrogen-bond donors (Lipinski definition) is 2. The second kappa shape index (κ2) is 5.39. The molecule has 0 amide bonds. The molecular formula is C15H22N2O. The van der Waals surface area contributed by atoms with Gasteiger partial charge in [0.25, 0.3) is 0 Å². The van der Waals surface area contributed by atoms with E-state index in [0.717, 1.165) is 19.6 Å². The SMILES string of the molecule is NNC(CC1Cc2ccccc21)C1CCCOC1. The average molecular weight is 246 g/mol. The van der Waals surface area contributed by atoms with Crippen molar-refractivity contribution in [3.8, 4) is 0 Å². The molecular weight excluding hydrogens is 224 g/mol. The maximum atomic E-state index is 5.75. The van der Waals surface area contributed by atoms with Crippen molar-refractivity contribution in [1.29, 1.82) is 0 Å². The van der Waals surface area contributed by atoms with Gasteiger partial charge in [0, 0.05) is 12.6 Å². The van der Waals surface area contributed by atoms with Gasteiger partial charge in [0.05, 0.1) is 6.61 Å². The molecule has 18 heavy (non-hydrogen) atoms. The molecule has 3 N–H and O–H groups in total. The third-order valence-electron chi connectivity index (χ3n) is 4.48. The summed E-state index contributed by atoms with van der Waals surface area (Å²) < 4.78 is 5.57. The van der Waals surface area contributed by atoms with E-state index in [1.165, 1.54) is 30.4 Å². The van der Waals surface area contributed by atoms with E-state index < -0.39 is 0 Å². The number of fused-ring (bicyclic) bond motifs is 1. The molecule has 1 fully saturated rings. The van der Waals surface area contributed by atoms with Crippen molar-refractivity contribution in [3.63, 3.8) is 0 Å². The van der Waals surface area contributed by atoms with Crippen molar-refractivity contribution in [2.24, 2.45) is 11.8 Å². The fraction of sp³-hybridized carbons (Fsp3) is 0.600.